The molecule has 0 aliphatic carbocycles. The third-order valence-electron chi connectivity index (χ3n) is 6.03. The molecule has 0 radical (unpaired) electrons. The zero-order valence-corrected chi connectivity index (χ0v) is 18.1. The number of fused-ring (bicyclic) bond motifs is 1. The lowest BCUT2D eigenvalue weighted by Gasteiger charge is -2.39. The zero-order chi connectivity index (χ0) is 22.1. The van der Waals surface area contributed by atoms with Crippen molar-refractivity contribution in [2.45, 2.75) is 25.4 Å². The molecule has 3 aromatic carbocycles. The molecule has 0 fully saturated rings. The molecule has 4 aromatic rings. The Balaban J connectivity index is 1.63. The maximum atomic E-state index is 13.7. The summed E-state index contributed by atoms with van der Waals surface area (Å²) in [6.45, 7) is 2.01. The maximum Gasteiger partial charge on any atom is 0.261 e. The van der Waals surface area contributed by atoms with E-state index < -0.39 is 0 Å². The Kier molecular flexibility index (Phi) is 5.19. The van der Waals surface area contributed by atoms with Gasteiger partial charge in [0.25, 0.3) is 5.91 Å². The van der Waals surface area contributed by atoms with Crippen molar-refractivity contribution < 1.29 is 9.53 Å². The van der Waals surface area contributed by atoms with Gasteiger partial charge in [-0.25, -0.2) is 4.68 Å². The van der Waals surface area contributed by atoms with E-state index in [0.717, 1.165) is 22.4 Å². The molecule has 0 saturated heterocycles. The quantitative estimate of drug-likeness (QED) is 0.464. The van der Waals surface area contributed by atoms with Crippen LogP contribution in [0.4, 0.5) is 5.95 Å². The summed E-state index contributed by atoms with van der Waals surface area (Å²) in [6.07, 6.45) is 2.21. The lowest BCUT2D eigenvalue weighted by Crippen LogP contribution is -2.42. The van der Waals surface area contributed by atoms with Crippen molar-refractivity contribution in [1.82, 2.24) is 14.8 Å². The van der Waals surface area contributed by atoms with Crippen LogP contribution >= 0.6 is 0 Å². The number of methoxy groups -OCH3 is 1. The normalized spacial score (nSPS) is 17.6. The van der Waals surface area contributed by atoms with Crippen molar-refractivity contribution in [3.63, 3.8) is 0 Å². The number of aryl methyl sites for hydroxylation is 1. The van der Waals surface area contributed by atoms with E-state index in [2.05, 4.69) is 22.2 Å². The van der Waals surface area contributed by atoms with Gasteiger partial charge >= 0.3 is 0 Å². The number of nitrogens with zero attached hydrogens (tertiary/aromatic N) is 4. The number of carbonyl (C=O) groups excluding carboxylic acids is 1. The minimum Gasteiger partial charge on any atom is -0.497 e. The van der Waals surface area contributed by atoms with Crippen LogP contribution in [0, 0.1) is 6.92 Å². The van der Waals surface area contributed by atoms with E-state index in [4.69, 9.17) is 4.74 Å². The summed E-state index contributed by atoms with van der Waals surface area (Å²) in [5, 5.41) is 4.50. The van der Waals surface area contributed by atoms with Gasteiger partial charge < -0.3 is 4.74 Å². The molecule has 6 nitrogen and oxygen atoms in total. The largest absolute Gasteiger partial charge is 0.497 e. The standard InChI is InChI=1S/C26H24N4O2/c1-18-8-10-21(11-9-18)25(31)29-23(20-12-14-22(32-2)15-13-20)16-24(19-6-4-3-5-7-19)30-26(29)27-17-28-30/h3-15,17,23-24H,16H2,1-2H3/t23-,24+/m1/s1. The monoisotopic (exact) mass is 424 g/mol. The SMILES string of the molecule is COc1ccc([C@H]2C[C@@H](c3ccccc3)n3ncnc3N2C(=O)c2ccc(C)cc2)cc1. The first-order chi connectivity index (χ1) is 15.7. The van der Waals surface area contributed by atoms with E-state index in [1.54, 1.807) is 12.0 Å². The lowest BCUT2D eigenvalue weighted by atomic mass is 9.91. The average Bonchev–Trinajstić information content (AvgIpc) is 3.33. The number of benzene rings is 3. The minimum absolute atomic E-state index is 0.0251. The number of rotatable bonds is 4. The highest BCUT2D eigenvalue weighted by molar-refractivity contribution is 6.05. The number of carbonyl (C=O) groups is 1. The Bertz CT molecular complexity index is 1220. The fraction of sp³-hybridized carbons (Fsp3) is 0.192. The fourth-order valence-corrected chi connectivity index (χ4v) is 4.32. The van der Waals surface area contributed by atoms with Crippen molar-refractivity contribution >= 4 is 11.9 Å². The summed E-state index contributed by atoms with van der Waals surface area (Å²) in [7, 11) is 1.65. The van der Waals surface area contributed by atoms with Gasteiger partial charge in [0.2, 0.25) is 5.95 Å². The molecule has 32 heavy (non-hydrogen) atoms. The molecule has 1 aliphatic rings. The Hall–Kier alpha value is -3.93. The number of aromatic nitrogens is 3. The lowest BCUT2D eigenvalue weighted by molar-refractivity contribution is 0.0963. The van der Waals surface area contributed by atoms with Crippen LogP contribution in [0.2, 0.25) is 0 Å². The van der Waals surface area contributed by atoms with Crippen LogP contribution in [0.5, 0.6) is 5.75 Å². The molecule has 160 valence electrons. The number of amides is 1. The fourth-order valence-electron chi connectivity index (χ4n) is 4.32. The summed E-state index contributed by atoms with van der Waals surface area (Å²) in [5.74, 6) is 1.24. The Morgan fingerprint density at radius 3 is 2.28 bits per heavy atom. The molecule has 2 heterocycles. The molecule has 2 atom stereocenters. The van der Waals surface area contributed by atoms with Gasteiger partial charge in [0.1, 0.15) is 12.1 Å². The third-order valence-corrected chi connectivity index (χ3v) is 6.03. The minimum atomic E-state index is -0.198. The second-order valence-corrected chi connectivity index (χ2v) is 8.00. The van der Waals surface area contributed by atoms with Crippen LogP contribution in [0.3, 0.4) is 0 Å². The second kappa shape index (κ2) is 8.30. The summed E-state index contributed by atoms with van der Waals surface area (Å²) in [6, 6.07) is 25.6. The number of anilines is 1. The molecule has 6 heteroatoms. The maximum absolute atomic E-state index is 13.7. The first-order valence-corrected chi connectivity index (χ1v) is 10.6. The third kappa shape index (κ3) is 3.54. The Morgan fingerprint density at radius 2 is 1.59 bits per heavy atom. The van der Waals surface area contributed by atoms with Gasteiger partial charge in [0.05, 0.1) is 19.2 Å². The molecule has 1 aliphatic heterocycles. The first kappa shape index (κ1) is 20.0. The van der Waals surface area contributed by atoms with Crippen LogP contribution in [-0.4, -0.2) is 27.8 Å². The number of ether oxygens (including phenoxy) is 1. The molecule has 0 N–H and O–H groups in total. The molecular formula is C26H24N4O2. The topological polar surface area (TPSA) is 60.2 Å². The Morgan fingerprint density at radius 1 is 0.906 bits per heavy atom. The molecule has 0 saturated carbocycles. The van der Waals surface area contributed by atoms with Gasteiger partial charge in [-0.15, -0.1) is 0 Å². The van der Waals surface area contributed by atoms with Crippen molar-refractivity contribution in [3.05, 3.63) is 107 Å². The van der Waals surface area contributed by atoms with E-state index >= 15 is 0 Å². The predicted octanol–water partition coefficient (Wildman–Crippen LogP) is 4.98. The van der Waals surface area contributed by atoms with E-state index in [1.807, 2.05) is 78.3 Å². The smallest absolute Gasteiger partial charge is 0.261 e. The number of hydrogen-bond acceptors (Lipinski definition) is 4. The first-order valence-electron chi connectivity index (χ1n) is 10.6. The molecule has 1 amide bonds. The molecule has 5 rings (SSSR count). The van der Waals surface area contributed by atoms with Crippen molar-refractivity contribution in [2.24, 2.45) is 0 Å². The van der Waals surface area contributed by atoms with Crippen LogP contribution in [-0.2, 0) is 0 Å². The summed E-state index contributed by atoms with van der Waals surface area (Å²) < 4.78 is 7.20. The van der Waals surface area contributed by atoms with Gasteiger partial charge in [-0.2, -0.15) is 10.1 Å². The number of hydrogen-bond donors (Lipinski definition) is 0. The second-order valence-electron chi connectivity index (χ2n) is 8.00. The molecule has 0 bridgehead atoms. The highest BCUT2D eigenvalue weighted by Gasteiger charge is 2.39. The van der Waals surface area contributed by atoms with Gasteiger partial charge in [-0.3, -0.25) is 9.69 Å². The van der Waals surface area contributed by atoms with Crippen LogP contribution in [0.1, 0.15) is 45.6 Å². The van der Waals surface area contributed by atoms with Gasteiger partial charge in [0.15, 0.2) is 0 Å². The average molecular weight is 425 g/mol. The van der Waals surface area contributed by atoms with Gasteiger partial charge in [-0.1, -0.05) is 60.2 Å². The van der Waals surface area contributed by atoms with Crippen molar-refractivity contribution in [3.8, 4) is 5.75 Å². The molecule has 1 aromatic heterocycles. The van der Waals surface area contributed by atoms with Crippen LogP contribution < -0.4 is 9.64 Å². The zero-order valence-electron chi connectivity index (χ0n) is 18.1. The van der Waals surface area contributed by atoms with E-state index in [-0.39, 0.29) is 18.0 Å². The molecule has 0 spiro atoms. The van der Waals surface area contributed by atoms with Crippen LogP contribution in [0.25, 0.3) is 0 Å². The van der Waals surface area contributed by atoms with E-state index in [9.17, 15) is 4.79 Å². The van der Waals surface area contributed by atoms with Gasteiger partial charge in [0, 0.05) is 5.56 Å². The van der Waals surface area contributed by atoms with E-state index in [0.29, 0.717) is 17.9 Å². The summed E-state index contributed by atoms with van der Waals surface area (Å²) in [5.41, 5.74) is 3.91. The summed E-state index contributed by atoms with van der Waals surface area (Å²) >= 11 is 0. The molecule has 0 unspecified atom stereocenters. The van der Waals surface area contributed by atoms with Gasteiger partial charge in [-0.05, 0) is 48.7 Å². The highest BCUT2D eigenvalue weighted by atomic mass is 16.5. The molecular weight excluding hydrogens is 400 g/mol. The van der Waals surface area contributed by atoms with Crippen LogP contribution in [0.15, 0.2) is 85.2 Å². The van der Waals surface area contributed by atoms with E-state index in [1.165, 1.54) is 6.33 Å². The summed E-state index contributed by atoms with van der Waals surface area (Å²) in [4.78, 5) is 20.0. The van der Waals surface area contributed by atoms with Crippen molar-refractivity contribution in [1.29, 1.82) is 0 Å². The van der Waals surface area contributed by atoms with Crippen molar-refractivity contribution in [2.75, 3.05) is 12.0 Å². The predicted molar refractivity (Wildman–Crippen MR) is 123 cm³/mol. The Labute approximate surface area is 187 Å². The highest BCUT2D eigenvalue weighted by Crippen LogP contribution is 2.42.